The first-order valence-electron chi connectivity index (χ1n) is 6.31. The molecule has 1 aromatic rings. The van der Waals surface area contributed by atoms with Crippen LogP contribution in [0.4, 0.5) is 11.6 Å². The Kier molecular flexibility index (Phi) is 6.01. The van der Waals surface area contributed by atoms with E-state index in [1.165, 1.54) is 6.33 Å². The minimum atomic E-state index is -0.229. The number of nitrogens with two attached hydrogens (primary N) is 1. The highest BCUT2D eigenvalue weighted by Crippen LogP contribution is 2.27. The van der Waals surface area contributed by atoms with Gasteiger partial charge in [0.15, 0.2) is 0 Å². The van der Waals surface area contributed by atoms with Crippen molar-refractivity contribution in [3.8, 4) is 0 Å². The van der Waals surface area contributed by atoms with Gasteiger partial charge in [-0.3, -0.25) is 4.79 Å². The van der Waals surface area contributed by atoms with Crippen LogP contribution >= 0.6 is 0 Å². The maximum atomic E-state index is 11.2. The third-order valence-corrected chi connectivity index (χ3v) is 2.52. The maximum Gasteiger partial charge on any atom is 0.307 e. The Balaban J connectivity index is 2.70. The fourth-order valence-corrected chi connectivity index (χ4v) is 1.71. The molecule has 1 rings (SSSR count). The van der Waals surface area contributed by atoms with E-state index in [1.807, 2.05) is 13.8 Å². The molecule has 1 aromatic heterocycles. The maximum absolute atomic E-state index is 11.2. The van der Waals surface area contributed by atoms with Gasteiger partial charge in [0.1, 0.15) is 18.0 Å². The number of carbonyl (C=O) groups is 1. The number of ether oxygens (including phenoxy) is 1. The summed E-state index contributed by atoms with van der Waals surface area (Å²) in [6.07, 6.45) is 1.72. The zero-order valence-electron chi connectivity index (χ0n) is 11.6. The number of nitrogens with zero attached hydrogens (tertiary/aromatic N) is 2. The molecule has 0 aliphatic carbocycles. The van der Waals surface area contributed by atoms with Crippen LogP contribution in [0.3, 0.4) is 0 Å². The SMILES string of the molecule is CCOC(=O)CCNc1ncnc(NN)c1C(C)C. The van der Waals surface area contributed by atoms with Crippen LogP contribution in [-0.4, -0.2) is 29.1 Å². The molecule has 1 heterocycles. The number of carbonyl (C=O) groups excluding carboxylic acids is 1. The molecule has 0 bridgehead atoms. The van der Waals surface area contributed by atoms with Crippen molar-refractivity contribution in [2.45, 2.75) is 33.1 Å². The number of hydrogen-bond acceptors (Lipinski definition) is 7. The van der Waals surface area contributed by atoms with Gasteiger partial charge in [-0.25, -0.2) is 15.8 Å². The highest BCUT2D eigenvalue weighted by Gasteiger charge is 2.14. The van der Waals surface area contributed by atoms with Gasteiger partial charge in [-0.1, -0.05) is 13.8 Å². The van der Waals surface area contributed by atoms with Crippen molar-refractivity contribution >= 4 is 17.6 Å². The number of nitrogen functional groups attached to an aromatic ring is 1. The van der Waals surface area contributed by atoms with Gasteiger partial charge in [0, 0.05) is 12.1 Å². The summed E-state index contributed by atoms with van der Waals surface area (Å²) >= 11 is 0. The molecule has 0 fully saturated rings. The number of hydrogen-bond donors (Lipinski definition) is 3. The second-order valence-electron chi connectivity index (χ2n) is 4.27. The van der Waals surface area contributed by atoms with E-state index in [-0.39, 0.29) is 11.9 Å². The summed E-state index contributed by atoms with van der Waals surface area (Å²) in [5, 5.41) is 3.11. The lowest BCUT2D eigenvalue weighted by atomic mass is 10.0. The fourth-order valence-electron chi connectivity index (χ4n) is 1.71. The van der Waals surface area contributed by atoms with E-state index in [9.17, 15) is 4.79 Å². The molecule has 0 unspecified atom stereocenters. The van der Waals surface area contributed by atoms with Gasteiger partial charge in [0.05, 0.1) is 13.0 Å². The topological polar surface area (TPSA) is 102 Å². The molecular formula is C12H21N5O2. The average molecular weight is 267 g/mol. The number of esters is 1. The Labute approximate surface area is 112 Å². The van der Waals surface area contributed by atoms with E-state index in [4.69, 9.17) is 10.6 Å². The Morgan fingerprint density at radius 3 is 2.68 bits per heavy atom. The quantitative estimate of drug-likeness (QED) is 0.388. The van der Waals surface area contributed by atoms with Gasteiger partial charge in [-0.05, 0) is 12.8 Å². The van der Waals surface area contributed by atoms with Gasteiger partial charge in [-0.2, -0.15) is 0 Å². The lowest BCUT2D eigenvalue weighted by Gasteiger charge is -2.16. The van der Waals surface area contributed by atoms with Crippen molar-refractivity contribution in [3.05, 3.63) is 11.9 Å². The third kappa shape index (κ3) is 4.36. The van der Waals surface area contributed by atoms with Crippen molar-refractivity contribution < 1.29 is 9.53 Å². The first kappa shape index (κ1) is 15.2. The third-order valence-electron chi connectivity index (χ3n) is 2.52. The van der Waals surface area contributed by atoms with Crippen LogP contribution in [0, 0.1) is 0 Å². The summed E-state index contributed by atoms with van der Waals surface area (Å²) in [5.74, 6) is 6.68. The van der Waals surface area contributed by atoms with E-state index >= 15 is 0 Å². The normalized spacial score (nSPS) is 10.4. The molecule has 0 aliphatic rings. The number of rotatable bonds is 7. The van der Waals surface area contributed by atoms with Crippen molar-refractivity contribution in [1.29, 1.82) is 0 Å². The minimum absolute atomic E-state index is 0.206. The van der Waals surface area contributed by atoms with Gasteiger partial charge in [0.25, 0.3) is 0 Å². The molecule has 0 aromatic carbocycles. The van der Waals surface area contributed by atoms with Crippen LogP contribution in [0.2, 0.25) is 0 Å². The second-order valence-corrected chi connectivity index (χ2v) is 4.27. The molecule has 19 heavy (non-hydrogen) atoms. The molecule has 106 valence electrons. The molecule has 4 N–H and O–H groups in total. The molecular weight excluding hydrogens is 246 g/mol. The Hall–Kier alpha value is -1.89. The van der Waals surface area contributed by atoms with Gasteiger partial charge < -0.3 is 15.5 Å². The van der Waals surface area contributed by atoms with Crippen molar-refractivity contribution in [2.75, 3.05) is 23.9 Å². The van der Waals surface area contributed by atoms with Crippen molar-refractivity contribution in [1.82, 2.24) is 9.97 Å². The predicted octanol–water partition coefficient (Wildman–Crippen LogP) is 1.25. The largest absolute Gasteiger partial charge is 0.466 e. The first-order chi connectivity index (χ1) is 9.10. The van der Waals surface area contributed by atoms with Crippen LogP contribution in [0.15, 0.2) is 6.33 Å². The fraction of sp³-hybridized carbons (Fsp3) is 0.583. The van der Waals surface area contributed by atoms with Crippen LogP contribution < -0.4 is 16.6 Å². The van der Waals surface area contributed by atoms with Crippen molar-refractivity contribution in [3.63, 3.8) is 0 Å². The molecule has 0 amide bonds. The van der Waals surface area contributed by atoms with Crippen LogP contribution in [0.5, 0.6) is 0 Å². The molecule has 0 atom stereocenters. The van der Waals surface area contributed by atoms with Crippen molar-refractivity contribution in [2.24, 2.45) is 5.84 Å². The average Bonchev–Trinajstić information content (AvgIpc) is 2.38. The second kappa shape index (κ2) is 7.52. The highest BCUT2D eigenvalue weighted by molar-refractivity contribution is 5.70. The molecule has 7 heteroatoms. The number of hydrazine groups is 1. The number of aromatic nitrogens is 2. The van der Waals surface area contributed by atoms with Gasteiger partial charge in [-0.15, -0.1) is 0 Å². The lowest BCUT2D eigenvalue weighted by molar-refractivity contribution is -0.142. The van der Waals surface area contributed by atoms with E-state index in [0.29, 0.717) is 31.2 Å². The molecule has 7 nitrogen and oxygen atoms in total. The smallest absolute Gasteiger partial charge is 0.307 e. The number of anilines is 2. The zero-order chi connectivity index (χ0) is 14.3. The molecule has 0 radical (unpaired) electrons. The lowest BCUT2D eigenvalue weighted by Crippen LogP contribution is -2.17. The predicted molar refractivity (Wildman–Crippen MR) is 73.7 cm³/mol. The van der Waals surface area contributed by atoms with E-state index in [1.54, 1.807) is 6.92 Å². The Morgan fingerprint density at radius 1 is 1.42 bits per heavy atom. The van der Waals surface area contributed by atoms with Crippen LogP contribution in [0.1, 0.15) is 38.7 Å². The Morgan fingerprint density at radius 2 is 2.11 bits per heavy atom. The monoisotopic (exact) mass is 267 g/mol. The summed E-state index contributed by atoms with van der Waals surface area (Å²) in [4.78, 5) is 19.5. The van der Waals surface area contributed by atoms with E-state index in [2.05, 4.69) is 20.7 Å². The van der Waals surface area contributed by atoms with Gasteiger partial charge >= 0.3 is 5.97 Å². The molecule has 0 aliphatic heterocycles. The first-order valence-corrected chi connectivity index (χ1v) is 6.31. The summed E-state index contributed by atoms with van der Waals surface area (Å²) in [5.41, 5.74) is 3.45. The minimum Gasteiger partial charge on any atom is -0.466 e. The van der Waals surface area contributed by atoms with Gasteiger partial charge in [0.2, 0.25) is 0 Å². The zero-order valence-corrected chi connectivity index (χ0v) is 11.6. The summed E-state index contributed by atoms with van der Waals surface area (Å²) in [6, 6.07) is 0. The molecule has 0 spiro atoms. The highest BCUT2D eigenvalue weighted by atomic mass is 16.5. The summed E-state index contributed by atoms with van der Waals surface area (Å²) in [6.45, 7) is 6.68. The summed E-state index contributed by atoms with van der Waals surface area (Å²) < 4.78 is 4.86. The summed E-state index contributed by atoms with van der Waals surface area (Å²) in [7, 11) is 0. The van der Waals surface area contributed by atoms with Crippen LogP contribution in [0.25, 0.3) is 0 Å². The standard InChI is InChI=1S/C12H21N5O2/c1-4-19-9(18)5-6-14-11-10(8(2)3)12(17-13)16-7-15-11/h7-8H,4-6,13H2,1-3H3,(H2,14,15,16,17). The molecule has 0 saturated carbocycles. The molecule has 0 saturated heterocycles. The van der Waals surface area contributed by atoms with Crippen LogP contribution in [-0.2, 0) is 9.53 Å². The van der Waals surface area contributed by atoms with E-state index in [0.717, 1.165) is 5.56 Å². The Bertz CT molecular complexity index is 423. The van der Waals surface area contributed by atoms with E-state index < -0.39 is 0 Å². The number of nitrogens with one attached hydrogen (secondary N) is 2.